The molecule has 0 bridgehead atoms. The molecule has 2 heterocycles. The van der Waals surface area contributed by atoms with Gasteiger partial charge in [0.15, 0.2) is 0 Å². The van der Waals surface area contributed by atoms with Crippen LogP contribution >= 0.6 is 23.4 Å². The van der Waals surface area contributed by atoms with Crippen molar-refractivity contribution in [3.63, 3.8) is 0 Å². The van der Waals surface area contributed by atoms with Crippen molar-refractivity contribution < 1.29 is 9.53 Å². The van der Waals surface area contributed by atoms with E-state index in [-0.39, 0.29) is 5.97 Å². The molecule has 0 saturated carbocycles. The van der Waals surface area contributed by atoms with Gasteiger partial charge in [-0.15, -0.1) is 5.10 Å². The number of carbonyl (C=O) groups excluding carboxylic acids is 1. The van der Waals surface area contributed by atoms with Gasteiger partial charge < -0.3 is 10.1 Å². The number of allylic oxidation sites excluding steroid dienone is 1. The number of ether oxygens (including phenoxy) is 1. The van der Waals surface area contributed by atoms with E-state index in [4.69, 9.17) is 21.4 Å². The zero-order valence-electron chi connectivity index (χ0n) is 17.3. The minimum atomic E-state index is -0.413. The van der Waals surface area contributed by atoms with Gasteiger partial charge in [0.1, 0.15) is 6.04 Å². The molecule has 0 radical (unpaired) electrons. The van der Waals surface area contributed by atoms with E-state index in [0.717, 1.165) is 28.3 Å². The second kappa shape index (κ2) is 9.58. The van der Waals surface area contributed by atoms with Crippen molar-refractivity contribution in [3.8, 4) is 0 Å². The lowest BCUT2D eigenvalue weighted by atomic mass is 9.96. The number of rotatable bonds is 7. The molecule has 31 heavy (non-hydrogen) atoms. The molecule has 0 fully saturated rings. The molecule has 160 valence electrons. The quantitative estimate of drug-likeness (QED) is 0.377. The Bertz CT molecular complexity index is 1110. The monoisotopic (exact) mass is 454 g/mol. The number of thioether (sulfide) groups is 1. The van der Waals surface area contributed by atoms with Gasteiger partial charge in [-0.1, -0.05) is 78.8 Å². The fourth-order valence-electron chi connectivity index (χ4n) is 3.43. The number of fused-ring (bicyclic) bond motifs is 1. The third kappa shape index (κ3) is 4.62. The Hall–Kier alpha value is -2.77. The zero-order valence-corrected chi connectivity index (χ0v) is 18.9. The molecule has 1 N–H and O–H groups in total. The van der Waals surface area contributed by atoms with Crippen LogP contribution in [-0.4, -0.2) is 27.3 Å². The Labute approximate surface area is 190 Å². The number of anilines is 1. The molecule has 6 nitrogen and oxygen atoms in total. The van der Waals surface area contributed by atoms with Crippen molar-refractivity contribution in [2.24, 2.45) is 0 Å². The van der Waals surface area contributed by atoms with Gasteiger partial charge in [-0.3, -0.25) is 0 Å². The topological polar surface area (TPSA) is 69.0 Å². The van der Waals surface area contributed by atoms with E-state index in [2.05, 4.69) is 10.3 Å². The van der Waals surface area contributed by atoms with Crippen molar-refractivity contribution in [1.29, 1.82) is 0 Å². The van der Waals surface area contributed by atoms with Crippen molar-refractivity contribution in [1.82, 2.24) is 14.8 Å². The van der Waals surface area contributed by atoms with Gasteiger partial charge in [-0.05, 0) is 30.5 Å². The molecule has 1 unspecified atom stereocenters. The molecule has 0 amide bonds. The lowest BCUT2D eigenvalue weighted by molar-refractivity contribution is -0.139. The average Bonchev–Trinajstić information content (AvgIpc) is 3.18. The largest absolute Gasteiger partial charge is 0.462 e. The summed E-state index contributed by atoms with van der Waals surface area (Å²) in [6.07, 6.45) is 0.763. The number of carbonyl (C=O) groups is 1. The number of nitrogens with zero attached hydrogens (tertiary/aromatic N) is 3. The summed E-state index contributed by atoms with van der Waals surface area (Å²) in [5.41, 5.74) is 3.23. The van der Waals surface area contributed by atoms with Crippen molar-refractivity contribution in [2.75, 3.05) is 11.9 Å². The van der Waals surface area contributed by atoms with Gasteiger partial charge in [-0.2, -0.15) is 4.98 Å². The molecule has 1 aliphatic rings. The fraction of sp³-hybridized carbons (Fsp3) is 0.261. The van der Waals surface area contributed by atoms with Crippen molar-refractivity contribution in [2.45, 2.75) is 37.2 Å². The molecule has 4 rings (SSSR count). The number of esters is 1. The van der Waals surface area contributed by atoms with Gasteiger partial charge in [0, 0.05) is 16.5 Å². The van der Waals surface area contributed by atoms with E-state index in [9.17, 15) is 4.79 Å². The van der Waals surface area contributed by atoms with Crippen LogP contribution in [0.4, 0.5) is 5.95 Å². The highest BCUT2D eigenvalue weighted by atomic mass is 35.5. The lowest BCUT2D eigenvalue weighted by Gasteiger charge is -2.28. The molecular weight excluding hydrogens is 432 g/mol. The van der Waals surface area contributed by atoms with Crippen molar-refractivity contribution >= 4 is 35.3 Å². The third-order valence-electron chi connectivity index (χ3n) is 4.92. The van der Waals surface area contributed by atoms with Gasteiger partial charge in [0.05, 0.1) is 12.2 Å². The minimum absolute atomic E-state index is 0.341. The van der Waals surface area contributed by atoms with Crippen LogP contribution in [0.2, 0.25) is 5.02 Å². The Balaban J connectivity index is 1.67. The van der Waals surface area contributed by atoms with Crippen LogP contribution < -0.4 is 5.32 Å². The van der Waals surface area contributed by atoms with Crippen LogP contribution in [-0.2, 0) is 15.3 Å². The zero-order chi connectivity index (χ0) is 21.8. The van der Waals surface area contributed by atoms with Crippen LogP contribution in [0.15, 0.2) is 71.0 Å². The Morgan fingerprint density at radius 3 is 2.68 bits per heavy atom. The summed E-state index contributed by atoms with van der Waals surface area (Å²) in [7, 11) is 0. The Morgan fingerprint density at radius 2 is 1.94 bits per heavy atom. The predicted molar refractivity (Wildman–Crippen MR) is 123 cm³/mol. The van der Waals surface area contributed by atoms with Gasteiger partial charge in [0.25, 0.3) is 0 Å². The van der Waals surface area contributed by atoms with Crippen LogP contribution in [0, 0.1) is 0 Å². The average molecular weight is 455 g/mol. The predicted octanol–water partition coefficient (Wildman–Crippen LogP) is 5.47. The molecular formula is C23H23ClN4O2S. The molecule has 1 aromatic heterocycles. The molecule has 2 aromatic carbocycles. The normalized spacial score (nSPS) is 15.4. The smallest absolute Gasteiger partial charge is 0.338 e. The maximum Gasteiger partial charge on any atom is 0.338 e. The number of halogens is 1. The maximum atomic E-state index is 12.9. The molecule has 0 saturated heterocycles. The fourth-order valence-corrected chi connectivity index (χ4v) is 4.55. The summed E-state index contributed by atoms with van der Waals surface area (Å²) in [5, 5.41) is 9.28. The summed E-state index contributed by atoms with van der Waals surface area (Å²) in [4.78, 5) is 17.6. The number of hydrogen-bond donors (Lipinski definition) is 1. The maximum absolute atomic E-state index is 12.9. The van der Waals surface area contributed by atoms with Crippen LogP contribution in [0.5, 0.6) is 0 Å². The van der Waals surface area contributed by atoms with Crippen LogP contribution in [0.1, 0.15) is 37.4 Å². The summed E-state index contributed by atoms with van der Waals surface area (Å²) >= 11 is 7.78. The Morgan fingerprint density at radius 1 is 1.19 bits per heavy atom. The number of hydrogen-bond acceptors (Lipinski definition) is 6. The van der Waals surface area contributed by atoms with E-state index in [0.29, 0.717) is 29.0 Å². The summed E-state index contributed by atoms with van der Waals surface area (Å²) in [6.45, 7) is 4.22. The van der Waals surface area contributed by atoms with E-state index in [1.165, 1.54) is 11.8 Å². The second-order valence-electron chi connectivity index (χ2n) is 7.16. The molecule has 0 aliphatic carbocycles. The molecule has 1 atom stereocenters. The van der Waals surface area contributed by atoms with E-state index < -0.39 is 6.04 Å². The van der Waals surface area contributed by atoms with E-state index in [1.807, 2.05) is 68.4 Å². The minimum Gasteiger partial charge on any atom is -0.462 e. The SMILES string of the molecule is CCCOC(=O)C1=C(C)Nc2nc(SCc3ccccc3Cl)nn2C1c1ccccc1. The van der Waals surface area contributed by atoms with Crippen molar-refractivity contribution in [3.05, 3.63) is 82.0 Å². The number of benzene rings is 2. The first-order valence-corrected chi connectivity index (χ1v) is 11.5. The highest BCUT2D eigenvalue weighted by Crippen LogP contribution is 2.37. The van der Waals surface area contributed by atoms with Gasteiger partial charge in [-0.25, -0.2) is 9.48 Å². The summed E-state index contributed by atoms with van der Waals surface area (Å²) in [5.74, 6) is 0.906. The first kappa shape index (κ1) is 21.5. The summed E-state index contributed by atoms with van der Waals surface area (Å²) in [6, 6.07) is 17.1. The first-order valence-electron chi connectivity index (χ1n) is 10.1. The first-order chi connectivity index (χ1) is 15.1. The lowest BCUT2D eigenvalue weighted by Crippen LogP contribution is -2.29. The Kier molecular flexibility index (Phi) is 6.63. The standard InChI is InChI=1S/C23H23ClN4O2S/c1-3-13-30-21(29)19-15(2)25-22-26-23(31-14-17-11-7-8-12-18(17)24)27-28(22)20(19)16-9-5-4-6-10-16/h4-12,20H,3,13-14H2,1-2H3,(H,25,26,27). The number of aromatic nitrogens is 3. The van der Waals surface area contributed by atoms with E-state index in [1.54, 1.807) is 4.68 Å². The molecule has 1 aliphatic heterocycles. The highest BCUT2D eigenvalue weighted by molar-refractivity contribution is 7.98. The second-order valence-corrected chi connectivity index (χ2v) is 8.51. The summed E-state index contributed by atoms with van der Waals surface area (Å²) < 4.78 is 7.24. The third-order valence-corrected chi connectivity index (χ3v) is 6.18. The molecule has 0 spiro atoms. The van der Waals surface area contributed by atoms with Gasteiger partial charge in [0.2, 0.25) is 11.1 Å². The van der Waals surface area contributed by atoms with Gasteiger partial charge >= 0.3 is 5.97 Å². The molecule has 3 aromatic rings. The van der Waals surface area contributed by atoms with Crippen LogP contribution in [0.3, 0.4) is 0 Å². The number of nitrogens with one attached hydrogen (secondary N) is 1. The molecule has 8 heteroatoms. The van der Waals surface area contributed by atoms with E-state index >= 15 is 0 Å². The highest BCUT2D eigenvalue weighted by Gasteiger charge is 2.35. The van der Waals surface area contributed by atoms with Crippen LogP contribution in [0.25, 0.3) is 0 Å².